The van der Waals surface area contributed by atoms with Crippen LogP contribution in [0.3, 0.4) is 0 Å². The van der Waals surface area contributed by atoms with Crippen LogP contribution in [0.5, 0.6) is 0 Å². The fraction of sp³-hybridized carbons (Fsp3) is 0.837. The van der Waals surface area contributed by atoms with Crippen molar-refractivity contribution in [2.24, 2.45) is 97.6 Å². The number of hydrogen-bond acceptors (Lipinski definition) is 12. The van der Waals surface area contributed by atoms with Gasteiger partial charge >= 0.3 is 0 Å². The van der Waals surface area contributed by atoms with Crippen molar-refractivity contribution in [3.05, 3.63) is 119 Å². The zero-order chi connectivity index (χ0) is 103. The molecule has 0 aromatic heterocycles. The molecule has 0 aromatic carbocycles. The molecule has 12 N–H and O–H groups in total. The van der Waals surface area contributed by atoms with Crippen LogP contribution in [0.15, 0.2) is 119 Å². The maximum atomic E-state index is 10.0. The summed E-state index contributed by atoms with van der Waals surface area (Å²) in [5, 5.41) is 114. The summed E-state index contributed by atoms with van der Waals surface area (Å²) in [6, 6.07) is 0. The van der Waals surface area contributed by atoms with E-state index in [1.165, 1.54) is 109 Å². The van der Waals surface area contributed by atoms with Gasteiger partial charge in [0.2, 0.25) is 0 Å². The molecule has 13 heteroatoms. The van der Waals surface area contributed by atoms with Crippen LogP contribution in [0.25, 0.3) is 0 Å². The van der Waals surface area contributed by atoms with E-state index in [1.54, 1.807) is 18.6 Å². The van der Waals surface area contributed by atoms with Crippen molar-refractivity contribution in [3.8, 4) is 0 Å². The zero-order valence-electron chi connectivity index (χ0n) is 94.4. The van der Waals surface area contributed by atoms with Crippen LogP contribution in [-0.4, -0.2) is 133 Å². The van der Waals surface area contributed by atoms with E-state index in [9.17, 15) is 51.1 Å². The molecule has 0 heterocycles. The predicted octanol–water partition coefficient (Wildman–Crippen LogP) is 31.7. The Bertz CT molecular complexity index is 3440. The van der Waals surface area contributed by atoms with Gasteiger partial charge in [-0.25, -0.2) is 0 Å². The van der Waals surface area contributed by atoms with E-state index in [0.717, 1.165) is 197 Å². The third-order valence-electron chi connectivity index (χ3n) is 34.6. The first-order valence-corrected chi connectivity index (χ1v) is 53.6. The Morgan fingerprint density at radius 1 is 0.522 bits per heavy atom. The molecule has 11 aliphatic carbocycles. The van der Waals surface area contributed by atoms with Gasteiger partial charge in [-0.15, -0.1) is 13.2 Å². The molecule has 17 unspecified atom stereocenters. The first-order valence-electron chi connectivity index (χ1n) is 53.6. The van der Waals surface area contributed by atoms with Crippen LogP contribution < -0.4 is 0 Å². The van der Waals surface area contributed by atoms with E-state index >= 15 is 0 Å². The van der Waals surface area contributed by atoms with Gasteiger partial charge in [-0.05, 0) is 454 Å². The van der Waals surface area contributed by atoms with Gasteiger partial charge < -0.3 is 61.3 Å². The van der Waals surface area contributed by atoms with E-state index in [1.807, 2.05) is 47.6 Å². The number of aliphatic hydroxyl groups is 12. The van der Waals surface area contributed by atoms with E-state index in [2.05, 4.69) is 250 Å². The van der Waals surface area contributed by atoms with Gasteiger partial charge in [-0.2, -0.15) is 0 Å². The minimum Gasteiger partial charge on any atom is -0.396 e. The van der Waals surface area contributed by atoms with Crippen LogP contribution in [0.4, 0.5) is 0 Å². The molecule has 11 rings (SSSR count). The summed E-state index contributed by atoms with van der Waals surface area (Å²) < 4.78 is 0. The zero-order valence-corrected chi connectivity index (χ0v) is 97.3. The Morgan fingerprint density at radius 3 is 1.33 bits per heavy atom. The third kappa shape index (κ3) is 51.4. The molecule has 12 nitrogen and oxygen atoms in total. The van der Waals surface area contributed by atoms with Crippen LogP contribution in [-0.2, 0) is 32.7 Å². The Labute approximate surface area is 869 Å². The Kier molecular flexibility index (Phi) is 66.9. The molecule has 799 valence electrons. The second-order valence-corrected chi connectivity index (χ2v) is 50.5. The number of aliphatic hydroxyl groups excluding tert-OH is 6. The molecular weight excluding hydrogens is 1760 g/mol. The normalized spacial score (nSPS) is 31.1. The molecule has 17 atom stereocenters. The second-order valence-electron chi connectivity index (χ2n) is 50.5. The molecule has 0 saturated heterocycles. The molecular formula is C123H232O12Y. The molecule has 0 aromatic rings. The summed E-state index contributed by atoms with van der Waals surface area (Å²) in [6.45, 7) is 86.1. The molecule has 11 aliphatic rings. The van der Waals surface area contributed by atoms with Crippen molar-refractivity contribution in [2.45, 2.75) is 553 Å². The smallest absolute Gasteiger partial charge is 0.0800 e. The van der Waals surface area contributed by atoms with Crippen LogP contribution in [0.1, 0.15) is 495 Å². The molecule has 9 saturated carbocycles. The third-order valence-corrected chi connectivity index (χ3v) is 34.6. The average Bonchev–Trinajstić information content (AvgIpc) is 1.56. The number of fused-ring (bicyclic) bond motifs is 6. The minimum absolute atomic E-state index is 0. The summed E-state index contributed by atoms with van der Waals surface area (Å²) in [7, 11) is 0. The maximum Gasteiger partial charge on any atom is 0.0800 e. The van der Waals surface area contributed by atoms with Gasteiger partial charge in [-0.3, -0.25) is 0 Å². The molecule has 0 aliphatic heterocycles. The Hall–Kier alpha value is -1.98. The topological polar surface area (TPSA) is 243 Å². The van der Waals surface area contributed by atoms with E-state index in [-0.39, 0.29) is 106 Å². The molecule has 136 heavy (non-hydrogen) atoms. The fourth-order valence-corrected chi connectivity index (χ4v) is 21.9. The Balaban J connectivity index is -0.000000697. The fourth-order valence-electron chi connectivity index (χ4n) is 21.9. The first kappa shape index (κ1) is 140. The van der Waals surface area contributed by atoms with Crippen molar-refractivity contribution < 1.29 is 94.0 Å². The standard InChI is InChI=1S/C11H20O.7C10H18O.3C10H20O.C10H18O.2CH4.Y/c1-10(2)6-4-7-11(3)8-5-9-12;1-9(2)7-4-5-10(3,6-7)8(9)11;2*1-9(2)7-4-5-10(9,3)8(11)6-7;1-8-4-6-9(7-5-8)10(2,3)11;2*1-8(2)9-4-6-10(3,11)7-5-9;1-8(2)10(11)6-4-9(3)5-7-10;1-7(2)9-5-4-8(3)6-10(9)11;1-9(2)5-4-6-10(3)7-8-11;1-5-9(2)7-6-8-10(3,4)11;1-5-10(4,11)8-6-7-9(2)3;;;/h6,8,12H,4-5,7,9H2,1-3H3;3*7-8,11H,4-6H2,1-3H3;4,9,11H,5-7H2,1-3H3;11H,4-7H2,1-3H3;9,11H,1,4-7H2,2-3H3;4,8,11H,5-7H2,1-3H3;7-11H,4-6H2,1-3H3;5,10-11H,4,6-8H2,1-3H3;5,9,11H,1,6-8H2,2-4H3;5,7,11H,1,6,8H2,2-4H3;2*1H4;/b11-8-;;;;;;;;;;;;;;. The van der Waals surface area contributed by atoms with Gasteiger partial charge in [0, 0.05) is 45.9 Å². The second kappa shape index (κ2) is 64.9. The minimum atomic E-state index is -0.702. The number of allylic oxidation sites excluding steroid dienone is 14. The van der Waals surface area contributed by atoms with Gasteiger partial charge in [0.25, 0.3) is 0 Å². The van der Waals surface area contributed by atoms with Gasteiger partial charge in [0.05, 0.1) is 58.0 Å². The SMILES string of the molecule is C.C.C=C(C)C1CCC(C)(O)CC1.C=CC(C)(O)CCC=C(C)C.C=CC(C)CCCC(C)(C)O.CC(C)=C1CCC(C)(O)CC1.CC(C)=CCC/C(C)=C\CCO.CC(C)=CCCC(C)CCO.CC1(C)C2CCC1(C)C(O)C2.CC1(C)C2CCC1(C)C(O)C2.CC12CCC(C1)C(C)(C)C2O.CC1=CCC(C(C)(C)O)CC1.CC1=CCC(O)(C(C)C)CC1.CC1CCC(C(C)C)C(O)C1.[Y]. The summed E-state index contributed by atoms with van der Waals surface area (Å²) in [6.07, 6.45) is 56.6. The Morgan fingerprint density at radius 2 is 1.00 bits per heavy atom. The van der Waals surface area contributed by atoms with Crippen molar-refractivity contribution in [1.29, 1.82) is 0 Å². The molecule has 0 spiro atoms. The molecule has 6 bridgehead atoms. The van der Waals surface area contributed by atoms with Crippen molar-refractivity contribution in [1.82, 2.24) is 0 Å². The van der Waals surface area contributed by atoms with Crippen molar-refractivity contribution in [2.75, 3.05) is 13.2 Å². The predicted molar refractivity (Wildman–Crippen MR) is 589 cm³/mol. The molecule has 0 amide bonds. The van der Waals surface area contributed by atoms with Crippen LogP contribution >= 0.6 is 0 Å². The van der Waals surface area contributed by atoms with Gasteiger partial charge in [0.1, 0.15) is 0 Å². The summed E-state index contributed by atoms with van der Waals surface area (Å²) in [5.74, 6) is 7.04. The van der Waals surface area contributed by atoms with E-state index in [0.29, 0.717) is 58.9 Å². The summed E-state index contributed by atoms with van der Waals surface area (Å²) >= 11 is 0. The van der Waals surface area contributed by atoms with Gasteiger partial charge in [0.15, 0.2) is 0 Å². The number of rotatable bonds is 23. The van der Waals surface area contributed by atoms with Crippen molar-refractivity contribution in [3.63, 3.8) is 0 Å². The van der Waals surface area contributed by atoms with Crippen LogP contribution in [0, 0.1) is 97.6 Å². The van der Waals surface area contributed by atoms with Gasteiger partial charge in [-0.1, -0.05) is 244 Å². The summed E-state index contributed by atoms with van der Waals surface area (Å²) in [4.78, 5) is 0. The molecule has 9 fully saturated rings. The summed E-state index contributed by atoms with van der Waals surface area (Å²) in [5.41, 5.74) is 11.4. The quantitative estimate of drug-likeness (QED) is 0.0428. The van der Waals surface area contributed by atoms with Crippen LogP contribution in [0.2, 0.25) is 0 Å². The van der Waals surface area contributed by atoms with E-state index in [4.69, 9.17) is 10.2 Å². The molecule has 1 radical (unpaired) electrons. The first-order chi connectivity index (χ1) is 60.9. The number of hydrogen-bond donors (Lipinski definition) is 12. The largest absolute Gasteiger partial charge is 0.396 e. The monoisotopic (exact) mass is 1990 g/mol. The average molecular weight is 1990 g/mol. The van der Waals surface area contributed by atoms with E-state index < -0.39 is 28.0 Å². The van der Waals surface area contributed by atoms with Crippen molar-refractivity contribution >= 4 is 0 Å². The maximum absolute atomic E-state index is 10.0.